The van der Waals surface area contributed by atoms with Crippen molar-refractivity contribution in [2.75, 3.05) is 0 Å². The quantitative estimate of drug-likeness (QED) is 0.846. The Morgan fingerprint density at radius 3 is 2.42 bits per heavy atom. The molecule has 0 amide bonds. The molecule has 2 atom stereocenters. The van der Waals surface area contributed by atoms with Gasteiger partial charge in [-0.2, -0.15) is 0 Å². The number of benzene rings is 1. The molecule has 0 aliphatic heterocycles. The van der Waals surface area contributed by atoms with Crippen LogP contribution in [0.3, 0.4) is 0 Å². The third kappa shape index (κ3) is 1.54. The van der Waals surface area contributed by atoms with E-state index in [4.69, 9.17) is 0 Å². The summed E-state index contributed by atoms with van der Waals surface area (Å²) in [5, 5.41) is 0. The van der Waals surface area contributed by atoms with Gasteiger partial charge in [-0.1, -0.05) is 38.1 Å². The van der Waals surface area contributed by atoms with Gasteiger partial charge >= 0.3 is 0 Å². The Hall–Kier alpha value is -1.90. The summed E-state index contributed by atoms with van der Waals surface area (Å²) in [4.78, 5) is 18.2. The van der Waals surface area contributed by atoms with Crippen LogP contribution in [0.2, 0.25) is 0 Å². The van der Waals surface area contributed by atoms with Gasteiger partial charge in [0.15, 0.2) is 0 Å². The minimum Gasteiger partial charge on any atom is -0.336 e. The van der Waals surface area contributed by atoms with Gasteiger partial charge in [-0.3, -0.25) is 4.79 Å². The van der Waals surface area contributed by atoms with Crippen molar-refractivity contribution in [3.05, 3.63) is 54.1 Å². The lowest BCUT2D eigenvalue weighted by Crippen LogP contribution is -2.45. The Morgan fingerprint density at radius 2 is 1.83 bits per heavy atom. The number of carbonyl (C=O) groups excluding carboxylic acids is 1. The highest BCUT2D eigenvalue weighted by Crippen LogP contribution is 2.72. The molecule has 24 heavy (non-hydrogen) atoms. The van der Waals surface area contributed by atoms with E-state index in [0.717, 1.165) is 25.8 Å². The molecular weight excluding hydrogens is 296 g/mol. The number of imidazole rings is 1. The maximum Gasteiger partial charge on any atom is 0.148 e. The number of Topliss-reactive ketones (excluding diaryl/α,β-unsaturated/α-hetero) is 1. The second-order valence-corrected chi connectivity index (χ2v) is 8.79. The molecule has 6 rings (SSSR count). The van der Waals surface area contributed by atoms with Crippen molar-refractivity contribution in [2.45, 2.75) is 46.1 Å². The molecule has 3 nitrogen and oxygen atoms in total. The van der Waals surface area contributed by atoms with Crippen molar-refractivity contribution in [2.24, 2.45) is 22.2 Å². The first-order chi connectivity index (χ1) is 11.5. The van der Waals surface area contributed by atoms with Gasteiger partial charge in [0.05, 0.1) is 11.7 Å². The van der Waals surface area contributed by atoms with Crippen LogP contribution < -0.4 is 0 Å². The lowest BCUT2D eigenvalue weighted by atomic mass is 9.64. The monoisotopic (exact) mass is 320 g/mol. The number of ketones is 1. The fraction of sp³-hybridized carbons (Fsp3) is 0.524. The highest BCUT2D eigenvalue weighted by atomic mass is 16.1. The van der Waals surface area contributed by atoms with Gasteiger partial charge in [-0.25, -0.2) is 4.98 Å². The van der Waals surface area contributed by atoms with Crippen LogP contribution in [-0.4, -0.2) is 15.3 Å². The molecule has 4 aliphatic carbocycles. The van der Waals surface area contributed by atoms with E-state index in [9.17, 15) is 4.79 Å². The van der Waals surface area contributed by atoms with E-state index in [1.165, 1.54) is 17.5 Å². The second-order valence-electron chi connectivity index (χ2n) is 8.79. The van der Waals surface area contributed by atoms with E-state index < -0.39 is 0 Å². The molecule has 0 N–H and O–H groups in total. The summed E-state index contributed by atoms with van der Waals surface area (Å²) in [5.74, 6) is 0.998. The summed E-state index contributed by atoms with van der Waals surface area (Å²) in [5.41, 5.74) is 2.25. The van der Waals surface area contributed by atoms with Gasteiger partial charge in [0.1, 0.15) is 5.78 Å². The molecule has 2 saturated carbocycles. The van der Waals surface area contributed by atoms with Crippen LogP contribution in [0.25, 0.3) is 0 Å². The standard InChI is InChI=1S/C21H24N2O/c1-19(2)17-7-8-21(19,13-23-10-9-22-14-23)18(24)20(17)11-15-3-4-16(12-20)6-5-15/h3-6,9-10,14,17H,7-8,11-13H2,1-2H3. The van der Waals surface area contributed by atoms with Crippen LogP contribution in [0.15, 0.2) is 43.0 Å². The minimum absolute atomic E-state index is 0.0409. The van der Waals surface area contributed by atoms with Crippen LogP contribution in [0, 0.1) is 22.2 Å². The highest BCUT2D eigenvalue weighted by Gasteiger charge is 2.74. The first-order valence-electron chi connectivity index (χ1n) is 9.06. The smallest absolute Gasteiger partial charge is 0.148 e. The number of hydrogen-bond acceptors (Lipinski definition) is 2. The van der Waals surface area contributed by atoms with Crippen LogP contribution >= 0.6 is 0 Å². The third-order valence-electron chi connectivity index (χ3n) is 7.59. The number of nitrogens with zero attached hydrogens (tertiary/aromatic N) is 2. The Morgan fingerprint density at radius 1 is 1.17 bits per heavy atom. The van der Waals surface area contributed by atoms with E-state index in [0.29, 0.717) is 11.7 Å². The fourth-order valence-corrected chi connectivity index (χ4v) is 6.43. The Bertz CT molecular complexity index is 778. The number of hydrogen-bond donors (Lipinski definition) is 0. The summed E-state index contributed by atoms with van der Waals surface area (Å²) in [7, 11) is 0. The second kappa shape index (κ2) is 4.38. The number of fused-ring (bicyclic) bond motifs is 4. The molecule has 2 unspecified atom stereocenters. The number of carbonyl (C=O) groups is 1. The molecule has 3 heteroatoms. The zero-order valence-electron chi connectivity index (χ0n) is 14.5. The zero-order chi connectivity index (χ0) is 16.6. The molecule has 1 aromatic heterocycles. The molecule has 124 valence electrons. The molecule has 2 aromatic rings. The maximum absolute atomic E-state index is 14.0. The first kappa shape index (κ1) is 14.4. The SMILES string of the molecule is CC1(C)C2CCC1(Cn1ccnc1)C(=O)C21Cc2ccc(cc2)C1. The molecular formula is C21H24N2O. The van der Waals surface area contributed by atoms with E-state index in [1.54, 1.807) is 0 Å². The fourth-order valence-electron chi connectivity index (χ4n) is 6.43. The Kier molecular flexibility index (Phi) is 2.64. The third-order valence-corrected chi connectivity index (χ3v) is 7.59. The van der Waals surface area contributed by atoms with Crippen LogP contribution in [-0.2, 0) is 24.2 Å². The maximum atomic E-state index is 14.0. The molecule has 1 spiro atoms. The number of rotatable bonds is 2. The topological polar surface area (TPSA) is 34.9 Å². The lowest BCUT2D eigenvalue weighted by Gasteiger charge is -2.38. The predicted molar refractivity (Wildman–Crippen MR) is 92.5 cm³/mol. The molecule has 4 aliphatic rings. The average molecular weight is 320 g/mol. The summed E-state index contributed by atoms with van der Waals surface area (Å²) in [6.45, 7) is 5.47. The summed E-state index contributed by atoms with van der Waals surface area (Å²) in [6, 6.07) is 8.88. The van der Waals surface area contributed by atoms with E-state index in [1.807, 2.05) is 18.7 Å². The first-order valence-corrected chi connectivity index (χ1v) is 9.06. The van der Waals surface area contributed by atoms with Crippen LogP contribution in [0.4, 0.5) is 0 Å². The molecule has 1 aromatic carbocycles. The normalized spacial score (nSPS) is 31.8. The summed E-state index contributed by atoms with van der Waals surface area (Å²) >= 11 is 0. The zero-order valence-corrected chi connectivity index (χ0v) is 14.5. The molecule has 0 saturated heterocycles. The molecule has 0 radical (unpaired) electrons. The van der Waals surface area contributed by atoms with Gasteiger partial charge in [-0.15, -0.1) is 0 Å². The van der Waals surface area contributed by atoms with E-state index in [2.05, 4.69) is 47.7 Å². The van der Waals surface area contributed by atoms with E-state index >= 15 is 0 Å². The van der Waals surface area contributed by atoms with Crippen molar-refractivity contribution in [1.82, 2.24) is 9.55 Å². The largest absolute Gasteiger partial charge is 0.336 e. The van der Waals surface area contributed by atoms with E-state index in [-0.39, 0.29) is 16.2 Å². The van der Waals surface area contributed by atoms with Gasteiger partial charge in [0.25, 0.3) is 0 Å². The van der Waals surface area contributed by atoms with Crippen LogP contribution in [0.1, 0.15) is 37.8 Å². The van der Waals surface area contributed by atoms with Crippen molar-refractivity contribution >= 4 is 5.78 Å². The van der Waals surface area contributed by atoms with Crippen molar-refractivity contribution in [3.63, 3.8) is 0 Å². The lowest BCUT2D eigenvalue weighted by molar-refractivity contribution is -0.139. The van der Waals surface area contributed by atoms with Crippen molar-refractivity contribution in [1.29, 1.82) is 0 Å². The molecule has 2 fully saturated rings. The van der Waals surface area contributed by atoms with Gasteiger partial charge in [-0.05, 0) is 48.1 Å². The molecule has 4 bridgehead atoms. The van der Waals surface area contributed by atoms with Gasteiger partial charge in [0, 0.05) is 24.4 Å². The van der Waals surface area contributed by atoms with Crippen LogP contribution in [0.5, 0.6) is 0 Å². The van der Waals surface area contributed by atoms with Crippen molar-refractivity contribution in [3.8, 4) is 0 Å². The van der Waals surface area contributed by atoms with Gasteiger partial charge in [0.2, 0.25) is 0 Å². The van der Waals surface area contributed by atoms with Gasteiger partial charge < -0.3 is 4.57 Å². The summed E-state index contributed by atoms with van der Waals surface area (Å²) < 4.78 is 2.11. The summed E-state index contributed by atoms with van der Waals surface area (Å²) in [6.07, 6.45) is 9.71. The predicted octanol–water partition coefficient (Wildman–Crippen LogP) is 3.67. The molecule has 1 heterocycles. The highest BCUT2D eigenvalue weighted by molar-refractivity contribution is 5.96. The average Bonchev–Trinajstić information content (AvgIpc) is 3.07. The van der Waals surface area contributed by atoms with Crippen molar-refractivity contribution < 1.29 is 4.79 Å². The Balaban J connectivity index is 1.64. The Labute approximate surface area is 143 Å². The number of aromatic nitrogens is 2. The minimum atomic E-state index is -0.247.